The van der Waals surface area contributed by atoms with Gasteiger partial charge in [-0.05, 0) is 41.1 Å². The van der Waals surface area contributed by atoms with Crippen LogP contribution in [0.5, 0.6) is 0 Å². The number of amides is 1. The number of benzene rings is 1. The highest BCUT2D eigenvalue weighted by atomic mass is 127. The van der Waals surface area contributed by atoms with E-state index < -0.39 is 0 Å². The number of carbonyl (C=O) groups excluding carboxylic acids is 1. The molecule has 14 heavy (non-hydrogen) atoms. The summed E-state index contributed by atoms with van der Waals surface area (Å²) in [6.45, 7) is 3.95. The second kappa shape index (κ2) is 5.34. The SMILES string of the molecule is CCC(C)C(=O)Nc1ccccc1I. The molecule has 0 radical (unpaired) electrons. The molecule has 1 aromatic carbocycles. The maximum atomic E-state index is 11.6. The first-order valence-corrected chi connectivity index (χ1v) is 5.78. The van der Waals surface area contributed by atoms with E-state index in [2.05, 4.69) is 27.9 Å². The third kappa shape index (κ3) is 2.97. The molecule has 1 atom stereocenters. The van der Waals surface area contributed by atoms with Crippen LogP contribution in [0, 0.1) is 9.49 Å². The number of para-hydroxylation sites is 1. The molecule has 0 fully saturated rings. The zero-order valence-electron chi connectivity index (χ0n) is 8.38. The van der Waals surface area contributed by atoms with Crippen molar-refractivity contribution in [2.75, 3.05) is 5.32 Å². The largest absolute Gasteiger partial charge is 0.325 e. The quantitative estimate of drug-likeness (QED) is 0.853. The predicted octanol–water partition coefficient (Wildman–Crippen LogP) is 3.28. The minimum absolute atomic E-state index is 0.0750. The molecule has 0 bridgehead atoms. The van der Waals surface area contributed by atoms with Crippen molar-refractivity contribution >= 4 is 34.2 Å². The van der Waals surface area contributed by atoms with Crippen molar-refractivity contribution in [3.63, 3.8) is 0 Å². The zero-order valence-corrected chi connectivity index (χ0v) is 10.5. The van der Waals surface area contributed by atoms with Gasteiger partial charge in [-0.1, -0.05) is 26.0 Å². The Labute approximate surface area is 98.2 Å². The Hall–Kier alpha value is -0.580. The second-order valence-electron chi connectivity index (χ2n) is 3.28. The summed E-state index contributed by atoms with van der Waals surface area (Å²) < 4.78 is 1.07. The maximum absolute atomic E-state index is 11.6. The lowest BCUT2D eigenvalue weighted by atomic mass is 10.1. The van der Waals surface area contributed by atoms with Gasteiger partial charge >= 0.3 is 0 Å². The van der Waals surface area contributed by atoms with E-state index in [0.29, 0.717) is 0 Å². The van der Waals surface area contributed by atoms with Gasteiger partial charge in [-0.3, -0.25) is 4.79 Å². The molecule has 1 amide bonds. The fourth-order valence-electron chi connectivity index (χ4n) is 1.00. The molecule has 1 unspecified atom stereocenters. The maximum Gasteiger partial charge on any atom is 0.227 e. The average molecular weight is 303 g/mol. The first kappa shape index (κ1) is 11.5. The van der Waals surface area contributed by atoms with Gasteiger partial charge in [0.2, 0.25) is 5.91 Å². The van der Waals surface area contributed by atoms with Crippen molar-refractivity contribution in [2.45, 2.75) is 20.3 Å². The fourth-order valence-corrected chi connectivity index (χ4v) is 1.53. The van der Waals surface area contributed by atoms with Crippen molar-refractivity contribution in [1.29, 1.82) is 0 Å². The number of halogens is 1. The van der Waals surface area contributed by atoms with Gasteiger partial charge in [0.1, 0.15) is 0 Å². The molecule has 1 aromatic rings. The molecular formula is C11H14INO. The van der Waals surface area contributed by atoms with Crippen LogP contribution in [0.3, 0.4) is 0 Å². The topological polar surface area (TPSA) is 29.1 Å². The molecule has 1 N–H and O–H groups in total. The summed E-state index contributed by atoms with van der Waals surface area (Å²) in [6.07, 6.45) is 0.870. The monoisotopic (exact) mass is 303 g/mol. The molecule has 0 aromatic heterocycles. The normalized spacial score (nSPS) is 12.2. The van der Waals surface area contributed by atoms with E-state index in [1.165, 1.54) is 0 Å². The lowest BCUT2D eigenvalue weighted by Gasteiger charge is -2.10. The van der Waals surface area contributed by atoms with Crippen molar-refractivity contribution in [3.8, 4) is 0 Å². The molecule has 2 nitrogen and oxygen atoms in total. The molecule has 0 saturated carbocycles. The molecule has 76 valence electrons. The van der Waals surface area contributed by atoms with Gasteiger partial charge in [-0.15, -0.1) is 0 Å². The van der Waals surface area contributed by atoms with Gasteiger partial charge in [0.25, 0.3) is 0 Å². The summed E-state index contributed by atoms with van der Waals surface area (Å²) in [5.41, 5.74) is 0.901. The molecule has 0 heterocycles. The predicted molar refractivity (Wildman–Crippen MR) is 67.2 cm³/mol. The van der Waals surface area contributed by atoms with E-state index in [-0.39, 0.29) is 11.8 Å². The molecule has 3 heteroatoms. The molecule has 0 saturated heterocycles. The number of hydrogen-bond donors (Lipinski definition) is 1. The molecule has 0 spiro atoms. The number of hydrogen-bond acceptors (Lipinski definition) is 1. The van der Waals surface area contributed by atoms with Crippen molar-refractivity contribution < 1.29 is 4.79 Å². The summed E-state index contributed by atoms with van der Waals surface area (Å²) in [5.74, 6) is 0.169. The standard InChI is InChI=1S/C11H14INO/c1-3-8(2)11(14)13-10-7-5-4-6-9(10)12/h4-8H,3H2,1-2H3,(H,13,14). The van der Waals surface area contributed by atoms with E-state index in [9.17, 15) is 4.79 Å². The van der Waals surface area contributed by atoms with E-state index in [1.807, 2.05) is 38.1 Å². The van der Waals surface area contributed by atoms with Crippen LogP contribution >= 0.6 is 22.6 Å². The molecule has 0 aliphatic rings. The van der Waals surface area contributed by atoms with Crippen LogP contribution < -0.4 is 5.32 Å². The lowest BCUT2D eigenvalue weighted by Crippen LogP contribution is -2.20. The van der Waals surface area contributed by atoms with Crippen LogP contribution in [0.15, 0.2) is 24.3 Å². The van der Waals surface area contributed by atoms with Crippen molar-refractivity contribution in [1.82, 2.24) is 0 Å². The molecular weight excluding hydrogens is 289 g/mol. The summed E-state index contributed by atoms with van der Waals surface area (Å²) in [7, 11) is 0. The smallest absolute Gasteiger partial charge is 0.227 e. The van der Waals surface area contributed by atoms with Gasteiger partial charge in [-0.2, -0.15) is 0 Å². The summed E-state index contributed by atoms with van der Waals surface area (Å²) in [5, 5.41) is 2.91. The minimum Gasteiger partial charge on any atom is -0.325 e. The summed E-state index contributed by atoms with van der Waals surface area (Å²) >= 11 is 2.21. The highest BCUT2D eigenvalue weighted by Crippen LogP contribution is 2.18. The van der Waals surface area contributed by atoms with Crippen molar-refractivity contribution in [2.24, 2.45) is 5.92 Å². The number of nitrogens with one attached hydrogen (secondary N) is 1. The fraction of sp³-hybridized carbons (Fsp3) is 0.364. The first-order valence-electron chi connectivity index (χ1n) is 4.70. The van der Waals surface area contributed by atoms with Crippen LogP contribution in [0.2, 0.25) is 0 Å². The van der Waals surface area contributed by atoms with Crippen LogP contribution in [0.4, 0.5) is 5.69 Å². The van der Waals surface area contributed by atoms with Gasteiger partial charge in [-0.25, -0.2) is 0 Å². The Morgan fingerprint density at radius 2 is 2.14 bits per heavy atom. The third-order valence-corrected chi connectivity index (χ3v) is 3.13. The summed E-state index contributed by atoms with van der Waals surface area (Å²) in [4.78, 5) is 11.6. The highest BCUT2D eigenvalue weighted by Gasteiger charge is 2.11. The zero-order chi connectivity index (χ0) is 10.6. The Balaban J connectivity index is 2.70. The third-order valence-electron chi connectivity index (χ3n) is 2.19. The Morgan fingerprint density at radius 3 is 2.71 bits per heavy atom. The van der Waals surface area contributed by atoms with Crippen LogP contribution in [-0.2, 0) is 4.79 Å². The minimum atomic E-state index is 0.0750. The van der Waals surface area contributed by atoms with E-state index in [4.69, 9.17) is 0 Å². The number of anilines is 1. The van der Waals surface area contributed by atoms with Gasteiger partial charge in [0, 0.05) is 9.49 Å². The van der Waals surface area contributed by atoms with Crippen LogP contribution in [0.1, 0.15) is 20.3 Å². The Morgan fingerprint density at radius 1 is 1.50 bits per heavy atom. The van der Waals surface area contributed by atoms with Crippen LogP contribution in [0.25, 0.3) is 0 Å². The first-order chi connectivity index (χ1) is 6.65. The van der Waals surface area contributed by atoms with E-state index in [0.717, 1.165) is 15.7 Å². The van der Waals surface area contributed by atoms with Crippen LogP contribution in [-0.4, -0.2) is 5.91 Å². The van der Waals surface area contributed by atoms with Gasteiger partial charge in [0.05, 0.1) is 5.69 Å². The second-order valence-corrected chi connectivity index (χ2v) is 4.44. The average Bonchev–Trinajstić information content (AvgIpc) is 2.20. The van der Waals surface area contributed by atoms with E-state index >= 15 is 0 Å². The molecule has 0 aliphatic heterocycles. The Kier molecular flexibility index (Phi) is 4.38. The summed E-state index contributed by atoms with van der Waals surface area (Å²) in [6, 6.07) is 7.78. The van der Waals surface area contributed by atoms with Gasteiger partial charge in [0.15, 0.2) is 0 Å². The Bertz CT molecular complexity index is 325. The van der Waals surface area contributed by atoms with Crippen molar-refractivity contribution in [3.05, 3.63) is 27.8 Å². The molecule has 1 rings (SSSR count). The number of rotatable bonds is 3. The lowest BCUT2D eigenvalue weighted by molar-refractivity contribution is -0.119. The van der Waals surface area contributed by atoms with Gasteiger partial charge < -0.3 is 5.32 Å². The van der Waals surface area contributed by atoms with E-state index in [1.54, 1.807) is 0 Å². The molecule has 0 aliphatic carbocycles. The highest BCUT2D eigenvalue weighted by molar-refractivity contribution is 14.1. The number of carbonyl (C=O) groups is 1.